The molecule has 100 valence electrons. The highest BCUT2D eigenvalue weighted by molar-refractivity contribution is 7.15. The highest BCUT2D eigenvalue weighted by atomic mass is 35.5. The van der Waals surface area contributed by atoms with E-state index in [9.17, 15) is 5.11 Å². The summed E-state index contributed by atoms with van der Waals surface area (Å²) < 4.78 is 6.64. The van der Waals surface area contributed by atoms with Crippen LogP contribution in [0.25, 0.3) is 0 Å². The van der Waals surface area contributed by atoms with Crippen LogP contribution >= 0.6 is 22.9 Å². The SMILES string of the molecule is OC(c1ncc(Cl)s1)C1CCOC2(CCCC2)C1. The van der Waals surface area contributed by atoms with Crippen LogP contribution in [0.4, 0.5) is 0 Å². The Labute approximate surface area is 116 Å². The van der Waals surface area contributed by atoms with Crippen molar-refractivity contribution in [2.24, 2.45) is 5.92 Å². The summed E-state index contributed by atoms with van der Waals surface area (Å²) in [6.07, 6.45) is 7.83. The van der Waals surface area contributed by atoms with Crippen molar-refractivity contribution in [3.05, 3.63) is 15.5 Å². The average Bonchev–Trinajstić information content (AvgIpc) is 2.98. The van der Waals surface area contributed by atoms with Gasteiger partial charge in [0.15, 0.2) is 0 Å². The third-order valence-electron chi connectivity index (χ3n) is 4.24. The molecule has 2 unspecified atom stereocenters. The number of aromatic nitrogens is 1. The molecule has 18 heavy (non-hydrogen) atoms. The minimum atomic E-state index is -0.483. The maximum atomic E-state index is 10.4. The first-order valence-corrected chi connectivity index (χ1v) is 7.81. The van der Waals surface area contributed by atoms with Gasteiger partial charge in [0, 0.05) is 6.61 Å². The van der Waals surface area contributed by atoms with E-state index in [4.69, 9.17) is 16.3 Å². The number of nitrogens with zero attached hydrogens (tertiary/aromatic N) is 1. The molecule has 1 aromatic rings. The molecule has 1 aliphatic carbocycles. The van der Waals surface area contributed by atoms with E-state index in [0.29, 0.717) is 4.34 Å². The van der Waals surface area contributed by atoms with Crippen molar-refractivity contribution in [1.29, 1.82) is 0 Å². The maximum Gasteiger partial charge on any atom is 0.123 e. The molecule has 0 radical (unpaired) electrons. The van der Waals surface area contributed by atoms with Gasteiger partial charge in [-0.1, -0.05) is 24.4 Å². The van der Waals surface area contributed by atoms with Gasteiger partial charge >= 0.3 is 0 Å². The van der Waals surface area contributed by atoms with Crippen LogP contribution in [0.3, 0.4) is 0 Å². The second-order valence-corrected chi connectivity index (χ2v) is 7.13. The van der Waals surface area contributed by atoms with E-state index in [1.165, 1.54) is 24.2 Å². The van der Waals surface area contributed by atoms with Crippen molar-refractivity contribution in [2.45, 2.75) is 50.2 Å². The minimum absolute atomic E-state index is 0.0466. The molecule has 1 N–H and O–H groups in total. The van der Waals surface area contributed by atoms with Crippen molar-refractivity contribution in [3.63, 3.8) is 0 Å². The van der Waals surface area contributed by atoms with Gasteiger partial charge in [0.05, 0.1) is 11.8 Å². The molecule has 1 spiro atoms. The van der Waals surface area contributed by atoms with Gasteiger partial charge in [-0.2, -0.15) is 0 Å². The van der Waals surface area contributed by atoms with Gasteiger partial charge in [-0.3, -0.25) is 0 Å². The molecule has 2 aliphatic rings. The lowest BCUT2D eigenvalue weighted by Crippen LogP contribution is -2.39. The number of ether oxygens (including phenoxy) is 1. The predicted molar refractivity (Wildman–Crippen MR) is 72.0 cm³/mol. The molecule has 1 aromatic heterocycles. The summed E-state index contributed by atoms with van der Waals surface area (Å²) in [5.74, 6) is 0.263. The molecule has 0 aromatic carbocycles. The number of hydrogen-bond acceptors (Lipinski definition) is 4. The number of hydrogen-bond donors (Lipinski definition) is 1. The molecule has 3 nitrogen and oxygen atoms in total. The van der Waals surface area contributed by atoms with Crippen molar-refractivity contribution >= 4 is 22.9 Å². The first-order valence-electron chi connectivity index (χ1n) is 6.62. The van der Waals surface area contributed by atoms with Gasteiger partial charge < -0.3 is 9.84 Å². The lowest BCUT2D eigenvalue weighted by atomic mass is 9.82. The standard InChI is InChI=1S/C13H18ClNO2S/c14-10-8-15-12(18-10)11(16)9-3-6-17-13(7-9)4-1-2-5-13/h8-9,11,16H,1-7H2. The van der Waals surface area contributed by atoms with Crippen LogP contribution in [-0.4, -0.2) is 22.3 Å². The molecule has 2 fully saturated rings. The van der Waals surface area contributed by atoms with Gasteiger partial charge in [-0.25, -0.2) is 4.98 Å². The van der Waals surface area contributed by atoms with Gasteiger partial charge in [0.1, 0.15) is 15.4 Å². The zero-order chi connectivity index (χ0) is 12.6. The fourth-order valence-corrected chi connectivity index (χ4v) is 4.32. The van der Waals surface area contributed by atoms with E-state index < -0.39 is 6.10 Å². The van der Waals surface area contributed by atoms with Crippen molar-refractivity contribution in [1.82, 2.24) is 4.98 Å². The largest absolute Gasteiger partial charge is 0.386 e. The van der Waals surface area contributed by atoms with E-state index in [1.807, 2.05) is 0 Å². The molecule has 1 aliphatic heterocycles. The third kappa shape index (κ3) is 2.44. The Bertz CT molecular complexity index is 417. The maximum absolute atomic E-state index is 10.4. The van der Waals surface area contributed by atoms with Crippen LogP contribution in [-0.2, 0) is 4.74 Å². The molecule has 3 rings (SSSR count). The molecule has 1 saturated heterocycles. The quantitative estimate of drug-likeness (QED) is 0.904. The Kier molecular flexibility index (Phi) is 3.63. The number of aliphatic hydroxyl groups excluding tert-OH is 1. The zero-order valence-electron chi connectivity index (χ0n) is 10.3. The third-order valence-corrected chi connectivity index (χ3v) is 5.43. The van der Waals surface area contributed by atoms with Crippen LogP contribution < -0.4 is 0 Å². The summed E-state index contributed by atoms with van der Waals surface area (Å²) >= 11 is 7.27. The summed E-state index contributed by atoms with van der Waals surface area (Å²) in [6.45, 7) is 0.765. The van der Waals surface area contributed by atoms with E-state index in [2.05, 4.69) is 4.98 Å². The number of thiazole rings is 1. The summed E-state index contributed by atoms with van der Waals surface area (Å²) in [6, 6.07) is 0. The fraction of sp³-hybridized carbons (Fsp3) is 0.769. The molecule has 1 saturated carbocycles. The minimum Gasteiger partial charge on any atom is -0.386 e. The molecule has 2 heterocycles. The zero-order valence-corrected chi connectivity index (χ0v) is 11.8. The van der Waals surface area contributed by atoms with E-state index in [0.717, 1.165) is 37.3 Å². The smallest absolute Gasteiger partial charge is 0.123 e. The lowest BCUT2D eigenvalue weighted by molar-refractivity contribution is -0.113. The van der Waals surface area contributed by atoms with E-state index >= 15 is 0 Å². The second-order valence-electron chi connectivity index (χ2n) is 5.44. The van der Waals surface area contributed by atoms with Gasteiger partial charge in [0.2, 0.25) is 0 Å². The van der Waals surface area contributed by atoms with E-state index in [1.54, 1.807) is 6.20 Å². The number of halogens is 1. The molecule has 5 heteroatoms. The first-order chi connectivity index (χ1) is 8.69. The topological polar surface area (TPSA) is 42.4 Å². The monoisotopic (exact) mass is 287 g/mol. The van der Waals surface area contributed by atoms with Crippen LogP contribution in [0.5, 0.6) is 0 Å². The van der Waals surface area contributed by atoms with Crippen LogP contribution in [0.2, 0.25) is 4.34 Å². The lowest BCUT2D eigenvalue weighted by Gasteiger charge is -2.39. The normalized spacial score (nSPS) is 28.7. The van der Waals surface area contributed by atoms with Crippen molar-refractivity contribution in [2.75, 3.05) is 6.61 Å². The molecule has 0 amide bonds. The highest BCUT2D eigenvalue weighted by Crippen LogP contribution is 2.45. The van der Waals surface area contributed by atoms with E-state index in [-0.39, 0.29) is 11.5 Å². The summed E-state index contributed by atoms with van der Waals surface area (Å²) in [5.41, 5.74) is 0.0466. The van der Waals surface area contributed by atoms with Gasteiger partial charge in [-0.05, 0) is 31.6 Å². The summed E-state index contributed by atoms with van der Waals surface area (Å²) in [4.78, 5) is 4.20. The molecule has 0 bridgehead atoms. The van der Waals surface area contributed by atoms with Gasteiger partial charge in [-0.15, -0.1) is 11.3 Å². The molecular weight excluding hydrogens is 270 g/mol. The summed E-state index contributed by atoms with van der Waals surface area (Å²) in [7, 11) is 0. The Hall–Kier alpha value is -0.160. The Morgan fingerprint density at radius 3 is 2.94 bits per heavy atom. The first kappa shape index (κ1) is 12.9. The Balaban J connectivity index is 1.72. The average molecular weight is 288 g/mol. The van der Waals surface area contributed by atoms with Crippen LogP contribution in [0, 0.1) is 5.92 Å². The van der Waals surface area contributed by atoms with Crippen LogP contribution in [0.1, 0.15) is 49.6 Å². The number of rotatable bonds is 2. The van der Waals surface area contributed by atoms with Gasteiger partial charge in [0.25, 0.3) is 0 Å². The second kappa shape index (κ2) is 5.08. The Morgan fingerprint density at radius 1 is 1.50 bits per heavy atom. The predicted octanol–water partition coefficient (Wildman–Crippen LogP) is 3.57. The highest BCUT2D eigenvalue weighted by Gasteiger charge is 2.42. The fourth-order valence-electron chi connectivity index (χ4n) is 3.31. The van der Waals surface area contributed by atoms with Crippen LogP contribution in [0.15, 0.2) is 6.20 Å². The van der Waals surface area contributed by atoms with Crippen molar-refractivity contribution in [3.8, 4) is 0 Å². The Morgan fingerprint density at radius 2 is 2.28 bits per heavy atom. The van der Waals surface area contributed by atoms with Crippen molar-refractivity contribution < 1.29 is 9.84 Å². The molecular formula is C13H18ClNO2S. The molecule has 2 atom stereocenters. The number of aliphatic hydroxyl groups is 1. The summed E-state index contributed by atoms with van der Waals surface area (Å²) in [5, 5.41) is 11.2.